The third-order valence-electron chi connectivity index (χ3n) is 3.85. The molecule has 0 aliphatic heterocycles. The van der Waals surface area contributed by atoms with Gasteiger partial charge in [-0.1, -0.05) is 17.3 Å². The number of carbonyl (C=O) groups excluding carboxylic acids is 2. The van der Waals surface area contributed by atoms with Gasteiger partial charge in [-0.2, -0.15) is 4.98 Å². The van der Waals surface area contributed by atoms with Crippen LogP contribution in [0.15, 0.2) is 51.9 Å². The Bertz CT molecular complexity index is 1020. The third-order valence-corrected chi connectivity index (χ3v) is 4.92. The zero-order valence-corrected chi connectivity index (χ0v) is 16.6. The minimum absolute atomic E-state index is 0.136. The molecule has 0 saturated carbocycles. The van der Waals surface area contributed by atoms with Crippen LogP contribution in [0.5, 0.6) is 0 Å². The van der Waals surface area contributed by atoms with E-state index in [0.717, 1.165) is 16.1 Å². The van der Waals surface area contributed by atoms with Gasteiger partial charge in [0.1, 0.15) is 0 Å². The summed E-state index contributed by atoms with van der Waals surface area (Å²) in [7, 11) is 0. The first-order valence-electron chi connectivity index (χ1n) is 8.63. The Kier molecular flexibility index (Phi) is 6.10. The fourth-order valence-corrected chi connectivity index (χ4v) is 3.48. The van der Waals surface area contributed by atoms with E-state index in [9.17, 15) is 9.59 Å². The fourth-order valence-electron chi connectivity index (χ4n) is 2.59. The molecule has 0 saturated heterocycles. The summed E-state index contributed by atoms with van der Waals surface area (Å²) < 4.78 is 4.97. The van der Waals surface area contributed by atoms with E-state index in [1.165, 1.54) is 18.7 Å². The second-order valence-electron chi connectivity index (χ2n) is 6.18. The molecule has 7 nitrogen and oxygen atoms in total. The number of amides is 2. The van der Waals surface area contributed by atoms with Crippen LogP contribution in [0.1, 0.15) is 34.6 Å². The summed E-state index contributed by atoms with van der Waals surface area (Å²) in [6, 6.07) is 12.7. The molecule has 28 heavy (non-hydrogen) atoms. The van der Waals surface area contributed by atoms with Crippen LogP contribution in [0.25, 0.3) is 0 Å². The van der Waals surface area contributed by atoms with E-state index in [2.05, 4.69) is 20.8 Å². The van der Waals surface area contributed by atoms with Crippen LogP contribution in [0.3, 0.4) is 0 Å². The van der Waals surface area contributed by atoms with Gasteiger partial charge in [-0.25, -0.2) is 0 Å². The van der Waals surface area contributed by atoms with Crippen molar-refractivity contribution in [3.05, 3.63) is 65.3 Å². The average molecular weight is 396 g/mol. The number of aromatic nitrogens is 2. The van der Waals surface area contributed by atoms with E-state index in [1.807, 2.05) is 31.2 Å². The Hall–Kier alpha value is -3.13. The Morgan fingerprint density at radius 2 is 1.89 bits per heavy atom. The number of hydrogen-bond acceptors (Lipinski definition) is 6. The third kappa shape index (κ3) is 4.98. The van der Waals surface area contributed by atoms with Crippen LogP contribution in [0.2, 0.25) is 0 Å². The molecule has 0 unspecified atom stereocenters. The first kappa shape index (κ1) is 19.6. The number of anilines is 2. The van der Waals surface area contributed by atoms with Crippen molar-refractivity contribution < 1.29 is 14.1 Å². The summed E-state index contributed by atoms with van der Waals surface area (Å²) in [5.41, 5.74) is 2.81. The maximum Gasteiger partial charge on any atom is 0.256 e. The minimum Gasteiger partial charge on any atom is -0.340 e. The summed E-state index contributed by atoms with van der Waals surface area (Å²) in [6.45, 7) is 5.07. The SMILES string of the molecule is CC(=O)Nc1ccc(NC(=O)c2ccccc2SCc2noc(C)n2)cc1C. The molecule has 3 aromatic rings. The van der Waals surface area contributed by atoms with Gasteiger partial charge >= 0.3 is 0 Å². The summed E-state index contributed by atoms with van der Waals surface area (Å²) in [6.07, 6.45) is 0. The predicted octanol–water partition coefficient (Wildman–Crippen LogP) is 4.19. The number of nitrogens with zero attached hydrogens (tertiary/aromatic N) is 2. The van der Waals surface area contributed by atoms with Crippen molar-refractivity contribution in [2.45, 2.75) is 31.4 Å². The normalized spacial score (nSPS) is 10.5. The largest absolute Gasteiger partial charge is 0.340 e. The number of thioether (sulfide) groups is 1. The summed E-state index contributed by atoms with van der Waals surface area (Å²) in [5, 5.41) is 9.54. The second kappa shape index (κ2) is 8.71. The van der Waals surface area contributed by atoms with Crippen LogP contribution >= 0.6 is 11.8 Å². The molecule has 0 fully saturated rings. The lowest BCUT2D eigenvalue weighted by atomic mass is 10.1. The van der Waals surface area contributed by atoms with Crippen molar-refractivity contribution in [3.8, 4) is 0 Å². The monoisotopic (exact) mass is 396 g/mol. The molecule has 0 bridgehead atoms. The smallest absolute Gasteiger partial charge is 0.256 e. The number of benzene rings is 2. The van der Waals surface area contributed by atoms with Crippen molar-refractivity contribution >= 4 is 35.0 Å². The molecule has 2 amide bonds. The first-order chi connectivity index (χ1) is 13.4. The van der Waals surface area contributed by atoms with Crippen molar-refractivity contribution in [2.24, 2.45) is 0 Å². The first-order valence-corrected chi connectivity index (χ1v) is 9.61. The number of hydrogen-bond donors (Lipinski definition) is 2. The van der Waals surface area contributed by atoms with Crippen LogP contribution in [0, 0.1) is 13.8 Å². The zero-order valence-electron chi connectivity index (χ0n) is 15.8. The second-order valence-corrected chi connectivity index (χ2v) is 7.20. The molecule has 144 valence electrons. The molecule has 0 radical (unpaired) electrons. The minimum atomic E-state index is -0.209. The van der Waals surface area contributed by atoms with Crippen molar-refractivity contribution in [2.75, 3.05) is 10.6 Å². The molecule has 1 heterocycles. The highest BCUT2D eigenvalue weighted by atomic mass is 32.2. The number of nitrogens with one attached hydrogen (secondary N) is 2. The fraction of sp³-hybridized carbons (Fsp3) is 0.200. The molecule has 2 aromatic carbocycles. The van der Waals surface area contributed by atoms with E-state index in [0.29, 0.717) is 28.7 Å². The van der Waals surface area contributed by atoms with Gasteiger partial charge in [0.2, 0.25) is 11.8 Å². The Labute approximate surface area is 166 Å². The van der Waals surface area contributed by atoms with Gasteiger partial charge in [0, 0.05) is 30.1 Å². The van der Waals surface area contributed by atoms with Crippen LogP contribution in [-0.2, 0) is 10.5 Å². The highest BCUT2D eigenvalue weighted by molar-refractivity contribution is 7.98. The van der Waals surface area contributed by atoms with E-state index >= 15 is 0 Å². The Morgan fingerprint density at radius 3 is 2.57 bits per heavy atom. The molecule has 1 aromatic heterocycles. The molecule has 0 aliphatic carbocycles. The van der Waals surface area contributed by atoms with Gasteiger partial charge in [-0.15, -0.1) is 11.8 Å². The van der Waals surface area contributed by atoms with E-state index in [-0.39, 0.29) is 11.8 Å². The number of aryl methyl sites for hydroxylation is 2. The Morgan fingerprint density at radius 1 is 1.11 bits per heavy atom. The van der Waals surface area contributed by atoms with Gasteiger partial charge in [-0.3, -0.25) is 9.59 Å². The molecule has 0 atom stereocenters. The molecule has 2 N–H and O–H groups in total. The van der Waals surface area contributed by atoms with Gasteiger partial charge < -0.3 is 15.2 Å². The highest BCUT2D eigenvalue weighted by Crippen LogP contribution is 2.27. The average Bonchev–Trinajstić information content (AvgIpc) is 3.07. The quantitative estimate of drug-likeness (QED) is 0.607. The summed E-state index contributed by atoms with van der Waals surface area (Å²) >= 11 is 1.47. The van der Waals surface area contributed by atoms with Crippen LogP contribution < -0.4 is 10.6 Å². The number of carbonyl (C=O) groups is 2. The van der Waals surface area contributed by atoms with E-state index in [1.54, 1.807) is 25.1 Å². The van der Waals surface area contributed by atoms with Gasteiger partial charge in [0.05, 0.1) is 11.3 Å². The van der Waals surface area contributed by atoms with Gasteiger partial charge in [0.25, 0.3) is 5.91 Å². The van der Waals surface area contributed by atoms with E-state index in [4.69, 9.17) is 4.52 Å². The van der Waals surface area contributed by atoms with Crippen LogP contribution in [-0.4, -0.2) is 22.0 Å². The topological polar surface area (TPSA) is 97.1 Å². The number of rotatable bonds is 6. The van der Waals surface area contributed by atoms with Gasteiger partial charge in [-0.05, 0) is 42.8 Å². The van der Waals surface area contributed by atoms with Crippen molar-refractivity contribution in [1.29, 1.82) is 0 Å². The van der Waals surface area contributed by atoms with Gasteiger partial charge in [0.15, 0.2) is 5.82 Å². The maximum atomic E-state index is 12.8. The lowest BCUT2D eigenvalue weighted by Gasteiger charge is -2.12. The molecular weight excluding hydrogens is 376 g/mol. The van der Waals surface area contributed by atoms with Crippen molar-refractivity contribution in [3.63, 3.8) is 0 Å². The Balaban J connectivity index is 1.72. The highest BCUT2D eigenvalue weighted by Gasteiger charge is 2.13. The van der Waals surface area contributed by atoms with Crippen LogP contribution in [0.4, 0.5) is 11.4 Å². The predicted molar refractivity (Wildman–Crippen MR) is 108 cm³/mol. The zero-order chi connectivity index (χ0) is 20.1. The summed E-state index contributed by atoms with van der Waals surface area (Å²) in [4.78, 5) is 29.0. The summed E-state index contributed by atoms with van der Waals surface area (Å²) in [5.74, 6) is 1.26. The van der Waals surface area contributed by atoms with E-state index < -0.39 is 0 Å². The molecule has 0 spiro atoms. The standard InChI is InChI=1S/C20H20N4O3S/c1-12-10-15(8-9-17(12)21-13(2)25)23-20(26)16-6-4-5-7-18(16)28-11-19-22-14(3)27-24-19/h4-10H,11H2,1-3H3,(H,21,25)(H,23,26). The van der Waals surface area contributed by atoms with Crippen molar-refractivity contribution in [1.82, 2.24) is 10.1 Å². The molecule has 0 aliphatic rings. The molecular formula is C20H20N4O3S. The lowest BCUT2D eigenvalue weighted by molar-refractivity contribution is -0.114. The molecule has 8 heteroatoms. The molecule has 3 rings (SSSR count). The maximum absolute atomic E-state index is 12.8. The lowest BCUT2D eigenvalue weighted by Crippen LogP contribution is -2.13.